The number of carbonyl (C=O) groups is 2. The van der Waals surface area contributed by atoms with Crippen LogP contribution in [0.15, 0.2) is 23.6 Å². The van der Waals surface area contributed by atoms with Crippen molar-refractivity contribution in [2.75, 3.05) is 0 Å². The molecule has 0 bridgehead atoms. The highest BCUT2D eigenvalue weighted by Crippen LogP contribution is 2.30. The SMILES string of the molecule is O=Cc1cc(-c2ccc(C=O)s2)cs1. The smallest absolute Gasteiger partial charge is 0.160 e. The molecule has 0 unspecified atom stereocenters. The number of carbonyl (C=O) groups excluding carboxylic acids is 2. The van der Waals surface area contributed by atoms with E-state index >= 15 is 0 Å². The van der Waals surface area contributed by atoms with Crippen molar-refractivity contribution >= 4 is 35.2 Å². The fourth-order valence-corrected chi connectivity index (χ4v) is 2.71. The van der Waals surface area contributed by atoms with E-state index in [2.05, 4.69) is 0 Å². The average Bonchev–Trinajstić information content (AvgIpc) is 2.86. The van der Waals surface area contributed by atoms with Gasteiger partial charge in [-0.2, -0.15) is 0 Å². The Morgan fingerprint density at radius 1 is 1.07 bits per heavy atom. The minimum atomic E-state index is 0.707. The molecule has 0 aliphatic heterocycles. The van der Waals surface area contributed by atoms with Crippen LogP contribution < -0.4 is 0 Å². The van der Waals surface area contributed by atoms with Gasteiger partial charge in [0.2, 0.25) is 0 Å². The van der Waals surface area contributed by atoms with Crippen LogP contribution in [-0.4, -0.2) is 12.6 Å². The number of hydrogen-bond acceptors (Lipinski definition) is 4. The Morgan fingerprint density at radius 2 is 1.86 bits per heavy atom. The van der Waals surface area contributed by atoms with E-state index < -0.39 is 0 Å². The summed E-state index contributed by atoms with van der Waals surface area (Å²) in [5, 5.41) is 1.92. The third-order valence-electron chi connectivity index (χ3n) is 1.76. The molecule has 0 N–H and O–H groups in total. The van der Waals surface area contributed by atoms with Crippen LogP contribution in [0.3, 0.4) is 0 Å². The van der Waals surface area contributed by atoms with Gasteiger partial charge in [0.25, 0.3) is 0 Å². The van der Waals surface area contributed by atoms with Gasteiger partial charge in [-0.25, -0.2) is 0 Å². The van der Waals surface area contributed by atoms with Crippen molar-refractivity contribution in [3.8, 4) is 10.4 Å². The van der Waals surface area contributed by atoms with Crippen molar-refractivity contribution in [3.63, 3.8) is 0 Å². The van der Waals surface area contributed by atoms with E-state index in [-0.39, 0.29) is 0 Å². The van der Waals surface area contributed by atoms with E-state index in [4.69, 9.17) is 0 Å². The fourth-order valence-electron chi connectivity index (χ4n) is 1.12. The van der Waals surface area contributed by atoms with Crippen LogP contribution in [0.2, 0.25) is 0 Å². The molecule has 0 fully saturated rings. The minimum Gasteiger partial charge on any atom is -0.297 e. The zero-order valence-electron chi connectivity index (χ0n) is 7.10. The number of rotatable bonds is 3. The van der Waals surface area contributed by atoms with Gasteiger partial charge in [0.1, 0.15) is 0 Å². The van der Waals surface area contributed by atoms with Gasteiger partial charge < -0.3 is 0 Å². The molecule has 0 aliphatic carbocycles. The monoisotopic (exact) mass is 222 g/mol. The Kier molecular flexibility index (Phi) is 2.56. The quantitative estimate of drug-likeness (QED) is 0.748. The molecule has 2 heterocycles. The molecular formula is C10H6O2S2. The van der Waals surface area contributed by atoms with Gasteiger partial charge >= 0.3 is 0 Å². The van der Waals surface area contributed by atoms with Gasteiger partial charge in [0, 0.05) is 15.8 Å². The molecule has 0 amide bonds. The summed E-state index contributed by atoms with van der Waals surface area (Å²) in [5.74, 6) is 0. The fraction of sp³-hybridized carbons (Fsp3) is 0. The molecule has 0 atom stereocenters. The van der Waals surface area contributed by atoms with Crippen molar-refractivity contribution in [1.29, 1.82) is 0 Å². The largest absolute Gasteiger partial charge is 0.297 e. The third-order valence-corrected chi connectivity index (χ3v) is 3.68. The highest BCUT2D eigenvalue weighted by atomic mass is 32.1. The second-order valence-corrected chi connectivity index (χ2v) is 4.73. The lowest BCUT2D eigenvalue weighted by Crippen LogP contribution is -1.66. The summed E-state index contributed by atoms with van der Waals surface area (Å²) >= 11 is 2.84. The van der Waals surface area contributed by atoms with E-state index in [0.29, 0.717) is 9.75 Å². The first-order valence-electron chi connectivity index (χ1n) is 3.92. The van der Waals surface area contributed by atoms with E-state index in [1.165, 1.54) is 22.7 Å². The number of aldehydes is 2. The lowest BCUT2D eigenvalue weighted by Gasteiger charge is -1.86. The Morgan fingerprint density at radius 3 is 2.43 bits per heavy atom. The normalized spacial score (nSPS) is 10.0. The molecule has 0 spiro atoms. The first-order valence-corrected chi connectivity index (χ1v) is 5.62. The minimum absolute atomic E-state index is 0.707. The van der Waals surface area contributed by atoms with Crippen LogP contribution in [0.4, 0.5) is 0 Å². The highest BCUT2D eigenvalue weighted by Gasteiger charge is 2.04. The summed E-state index contributed by atoms with van der Waals surface area (Å²) < 4.78 is 0. The first-order chi connectivity index (χ1) is 6.83. The van der Waals surface area contributed by atoms with Gasteiger partial charge in [-0.3, -0.25) is 9.59 Å². The van der Waals surface area contributed by atoms with E-state index in [1.54, 1.807) is 6.07 Å². The molecule has 4 heteroatoms. The molecule has 2 aromatic heterocycles. The summed E-state index contributed by atoms with van der Waals surface area (Å²) in [6.07, 6.45) is 1.67. The van der Waals surface area contributed by atoms with Crippen molar-refractivity contribution in [1.82, 2.24) is 0 Å². The van der Waals surface area contributed by atoms with Crippen LogP contribution >= 0.6 is 22.7 Å². The first kappa shape index (κ1) is 9.30. The standard InChI is InChI=1S/C10H6O2S2/c11-4-8-1-2-10(14-8)7-3-9(5-12)13-6-7/h1-6H. The van der Waals surface area contributed by atoms with Crippen LogP contribution in [0.25, 0.3) is 10.4 Å². The molecule has 0 aromatic carbocycles. The Bertz CT molecular complexity index is 424. The second kappa shape index (κ2) is 3.86. The predicted molar refractivity (Wildman–Crippen MR) is 58.4 cm³/mol. The van der Waals surface area contributed by atoms with E-state index in [9.17, 15) is 9.59 Å². The van der Waals surface area contributed by atoms with Gasteiger partial charge in [0.05, 0.1) is 9.75 Å². The van der Waals surface area contributed by atoms with Crippen LogP contribution in [-0.2, 0) is 0 Å². The van der Waals surface area contributed by atoms with Gasteiger partial charge in [-0.05, 0) is 18.2 Å². The lowest BCUT2D eigenvalue weighted by atomic mass is 10.2. The maximum atomic E-state index is 10.5. The maximum absolute atomic E-state index is 10.5. The topological polar surface area (TPSA) is 34.1 Å². The molecule has 0 radical (unpaired) electrons. The molecule has 14 heavy (non-hydrogen) atoms. The molecule has 0 aliphatic rings. The molecule has 0 saturated carbocycles. The molecule has 2 nitrogen and oxygen atoms in total. The van der Waals surface area contributed by atoms with Gasteiger partial charge in [0.15, 0.2) is 12.6 Å². The zero-order valence-corrected chi connectivity index (χ0v) is 8.73. The third kappa shape index (κ3) is 1.66. The van der Waals surface area contributed by atoms with Crippen molar-refractivity contribution in [2.45, 2.75) is 0 Å². The number of hydrogen-bond donors (Lipinski definition) is 0. The summed E-state index contributed by atoms with van der Waals surface area (Å²) in [4.78, 5) is 23.4. The van der Waals surface area contributed by atoms with Crippen LogP contribution in [0.1, 0.15) is 19.3 Å². The Labute approximate surface area is 88.8 Å². The summed E-state index contributed by atoms with van der Waals surface area (Å²) in [6, 6.07) is 5.51. The predicted octanol–water partition coefficient (Wildman–Crippen LogP) is 3.10. The van der Waals surface area contributed by atoms with Gasteiger partial charge in [-0.1, -0.05) is 0 Å². The van der Waals surface area contributed by atoms with Crippen molar-refractivity contribution in [3.05, 3.63) is 33.3 Å². The Hall–Kier alpha value is -1.26. The molecular weight excluding hydrogens is 216 g/mol. The Balaban J connectivity index is 2.38. The van der Waals surface area contributed by atoms with Crippen molar-refractivity contribution < 1.29 is 9.59 Å². The van der Waals surface area contributed by atoms with Crippen LogP contribution in [0, 0.1) is 0 Å². The zero-order chi connectivity index (χ0) is 9.97. The highest BCUT2D eigenvalue weighted by molar-refractivity contribution is 7.17. The number of thiophene rings is 2. The molecule has 2 rings (SSSR count). The molecule has 0 saturated heterocycles. The van der Waals surface area contributed by atoms with E-state index in [1.807, 2.05) is 17.5 Å². The van der Waals surface area contributed by atoms with E-state index in [0.717, 1.165) is 23.0 Å². The summed E-state index contributed by atoms with van der Waals surface area (Å²) in [5.41, 5.74) is 1.01. The van der Waals surface area contributed by atoms with Gasteiger partial charge in [-0.15, -0.1) is 22.7 Å². The maximum Gasteiger partial charge on any atom is 0.160 e. The summed E-state index contributed by atoms with van der Waals surface area (Å²) in [7, 11) is 0. The van der Waals surface area contributed by atoms with Crippen LogP contribution in [0.5, 0.6) is 0 Å². The average molecular weight is 222 g/mol. The lowest BCUT2D eigenvalue weighted by molar-refractivity contribution is 0.111. The summed E-state index contributed by atoms with van der Waals surface area (Å²) in [6.45, 7) is 0. The molecule has 2 aromatic rings. The van der Waals surface area contributed by atoms with Crippen molar-refractivity contribution in [2.24, 2.45) is 0 Å². The molecule has 70 valence electrons. The second-order valence-electron chi connectivity index (χ2n) is 2.68.